The molecule has 1 aliphatic heterocycles. The van der Waals surface area contributed by atoms with Crippen LogP contribution in [0.4, 0.5) is 0 Å². The standard InChI is InChI=1S/C16H27N3/c1-12-7-8-13(2)14(11-12)15(18-17)16(3,4)19-9-5-6-10-19/h7-8,11,15,18H,5-6,9-10,17H2,1-4H3. The van der Waals surface area contributed by atoms with Crippen LogP contribution in [-0.2, 0) is 0 Å². The summed E-state index contributed by atoms with van der Waals surface area (Å²) in [5.74, 6) is 5.90. The van der Waals surface area contributed by atoms with E-state index < -0.39 is 0 Å². The van der Waals surface area contributed by atoms with E-state index in [1.54, 1.807) is 0 Å². The van der Waals surface area contributed by atoms with Gasteiger partial charge >= 0.3 is 0 Å². The maximum absolute atomic E-state index is 5.90. The topological polar surface area (TPSA) is 41.3 Å². The van der Waals surface area contributed by atoms with Gasteiger partial charge in [-0.25, -0.2) is 0 Å². The molecule has 0 amide bonds. The average Bonchev–Trinajstić information content (AvgIpc) is 2.88. The van der Waals surface area contributed by atoms with Crippen molar-refractivity contribution < 1.29 is 0 Å². The molecule has 106 valence electrons. The average molecular weight is 261 g/mol. The molecule has 0 spiro atoms. The highest BCUT2D eigenvalue weighted by atomic mass is 15.3. The van der Waals surface area contributed by atoms with Gasteiger partial charge in [0, 0.05) is 5.54 Å². The second-order valence-corrected chi connectivity index (χ2v) is 6.31. The van der Waals surface area contributed by atoms with Crippen LogP contribution in [0.1, 0.15) is 49.4 Å². The van der Waals surface area contributed by atoms with Crippen molar-refractivity contribution in [3.63, 3.8) is 0 Å². The third-order valence-electron chi connectivity index (χ3n) is 4.54. The zero-order valence-corrected chi connectivity index (χ0v) is 12.7. The Morgan fingerprint density at radius 2 is 1.84 bits per heavy atom. The number of nitrogens with two attached hydrogens (primary N) is 1. The van der Waals surface area contributed by atoms with Gasteiger partial charge in [-0.15, -0.1) is 0 Å². The molecule has 3 nitrogen and oxygen atoms in total. The second-order valence-electron chi connectivity index (χ2n) is 6.31. The van der Waals surface area contributed by atoms with E-state index >= 15 is 0 Å². The normalized spacial score (nSPS) is 18.8. The number of nitrogens with one attached hydrogen (secondary N) is 1. The molecule has 0 bridgehead atoms. The SMILES string of the molecule is Cc1ccc(C)c(C(NN)C(C)(C)N2CCCC2)c1. The molecule has 1 unspecified atom stereocenters. The van der Waals surface area contributed by atoms with Crippen molar-refractivity contribution >= 4 is 0 Å². The minimum atomic E-state index is 0.0316. The molecule has 1 fully saturated rings. The van der Waals surface area contributed by atoms with Crippen molar-refractivity contribution in [3.8, 4) is 0 Å². The smallest absolute Gasteiger partial charge is 0.0641 e. The summed E-state index contributed by atoms with van der Waals surface area (Å²) < 4.78 is 0. The number of rotatable bonds is 4. The van der Waals surface area contributed by atoms with Crippen molar-refractivity contribution in [1.82, 2.24) is 10.3 Å². The summed E-state index contributed by atoms with van der Waals surface area (Å²) in [6, 6.07) is 6.77. The fourth-order valence-corrected chi connectivity index (χ4v) is 3.22. The Bertz CT molecular complexity index is 434. The Morgan fingerprint density at radius 3 is 2.42 bits per heavy atom. The number of nitrogens with zero attached hydrogens (tertiary/aromatic N) is 1. The minimum absolute atomic E-state index is 0.0316. The van der Waals surface area contributed by atoms with Crippen LogP contribution >= 0.6 is 0 Å². The summed E-state index contributed by atoms with van der Waals surface area (Å²) in [4.78, 5) is 2.55. The number of hydrogen-bond donors (Lipinski definition) is 2. The molecule has 0 saturated carbocycles. The van der Waals surface area contributed by atoms with Crippen LogP contribution in [0.2, 0.25) is 0 Å². The van der Waals surface area contributed by atoms with Crippen LogP contribution < -0.4 is 11.3 Å². The van der Waals surface area contributed by atoms with Gasteiger partial charge in [0.05, 0.1) is 6.04 Å². The van der Waals surface area contributed by atoms with Gasteiger partial charge in [-0.3, -0.25) is 16.2 Å². The largest absolute Gasteiger partial charge is 0.296 e. The quantitative estimate of drug-likeness (QED) is 0.647. The highest BCUT2D eigenvalue weighted by Crippen LogP contribution is 2.34. The highest BCUT2D eigenvalue weighted by molar-refractivity contribution is 5.35. The molecule has 19 heavy (non-hydrogen) atoms. The van der Waals surface area contributed by atoms with Crippen LogP contribution in [0.3, 0.4) is 0 Å². The van der Waals surface area contributed by atoms with E-state index in [4.69, 9.17) is 5.84 Å². The van der Waals surface area contributed by atoms with Gasteiger partial charge in [-0.05, 0) is 64.8 Å². The molecule has 1 saturated heterocycles. The molecule has 2 rings (SSSR count). The predicted molar refractivity (Wildman–Crippen MR) is 80.9 cm³/mol. The van der Waals surface area contributed by atoms with Crippen LogP contribution in [0.5, 0.6) is 0 Å². The molecule has 1 aromatic carbocycles. The highest BCUT2D eigenvalue weighted by Gasteiger charge is 2.37. The van der Waals surface area contributed by atoms with Gasteiger partial charge in [0.1, 0.15) is 0 Å². The molecule has 0 radical (unpaired) electrons. The summed E-state index contributed by atoms with van der Waals surface area (Å²) in [5.41, 5.74) is 7.01. The van der Waals surface area contributed by atoms with E-state index in [-0.39, 0.29) is 11.6 Å². The summed E-state index contributed by atoms with van der Waals surface area (Å²) in [6.07, 6.45) is 2.60. The Hall–Kier alpha value is -0.900. The number of aryl methyl sites for hydroxylation is 2. The van der Waals surface area contributed by atoms with Crippen molar-refractivity contribution in [2.75, 3.05) is 13.1 Å². The molecule has 0 aromatic heterocycles. The van der Waals surface area contributed by atoms with Crippen LogP contribution in [0.25, 0.3) is 0 Å². The van der Waals surface area contributed by atoms with Crippen molar-refractivity contribution in [3.05, 3.63) is 34.9 Å². The molecule has 1 aromatic rings. The van der Waals surface area contributed by atoms with Crippen molar-refractivity contribution in [2.45, 2.75) is 52.1 Å². The van der Waals surface area contributed by atoms with Gasteiger partial charge < -0.3 is 0 Å². The molecule has 1 heterocycles. The number of hydrogen-bond acceptors (Lipinski definition) is 3. The molecule has 0 aliphatic carbocycles. The fraction of sp³-hybridized carbons (Fsp3) is 0.625. The van der Waals surface area contributed by atoms with E-state index in [0.717, 1.165) is 0 Å². The molecule has 3 heteroatoms. The number of benzene rings is 1. The van der Waals surface area contributed by atoms with E-state index in [0.29, 0.717) is 0 Å². The Labute approximate surface area is 117 Å². The van der Waals surface area contributed by atoms with E-state index in [9.17, 15) is 0 Å². The second kappa shape index (κ2) is 5.61. The van der Waals surface area contributed by atoms with E-state index in [1.807, 2.05) is 0 Å². The lowest BCUT2D eigenvalue weighted by atomic mass is 9.85. The molecule has 3 N–H and O–H groups in total. The maximum Gasteiger partial charge on any atom is 0.0641 e. The minimum Gasteiger partial charge on any atom is -0.296 e. The molecular formula is C16H27N3. The number of hydrazine groups is 1. The lowest BCUT2D eigenvalue weighted by Gasteiger charge is -2.42. The third-order valence-corrected chi connectivity index (χ3v) is 4.54. The Kier molecular flexibility index (Phi) is 4.29. The lowest BCUT2D eigenvalue weighted by Crippen LogP contribution is -2.53. The van der Waals surface area contributed by atoms with E-state index in [2.05, 4.69) is 56.2 Å². The van der Waals surface area contributed by atoms with E-state index in [1.165, 1.54) is 42.6 Å². The maximum atomic E-state index is 5.90. The van der Waals surface area contributed by atoms with Gasteiger partial charge in [-0.2, -0.15) is 0 Å². The van der Waals surface area contributed by atoms with Crippen LogP contribution in [0.15, 0.2) is 18.2 Å². The monoisotopic (exact) mass is 261 g/mol. The summed E-state index contributed by atoms with van der Waals surface area (Å²) in [7, 11) is 0. The molecule has 1 aliphatic rings. The van der Waals surface area contributed by atoms with Gasteiger partial charge in [0.25, 0.3) is 0 Å². The summed E-state index contributed by atoms with van der Waals surface area (Å²) in [5, 5.41) is 0. The third kappa shape index (κ3) is 2.83. The van der Waals surface area contributed by atoms with Gasteiger partial charge in [0.2, 0.25) is 0 Å². The predicted octanol–water partition coefficient (Wildman–Crippen LogP) is 2.68. The first-order valence-corrected chi connectivity index (χ1v) is 7.25. The number of likely N-dealkylation sites (tertiary alicyclic amines) is 1. The lowest BCUT2D eigenvalue weighted by molar-refractivity contribution is 0.106. The zero-order chi connectivity index (χ0) is 14.0. The molecular weight excluding hydrogens is 234 g/mol. The fourth-order valence-electron chi connectivity index (χ4n) is 3.22. The van der Waals surface area contributed by atoms with Crippen molar-refractivity contribution in [2.24, 2.45) is 5.84 Å². The van der Waals surface area contributed by atoms with Crippen LogP contribution in [-0.4, -0.2) is 23.5 Å². The first-order valence-electron chi connectivity index (χ1n) is 7.25. The first-order chi connectivity index (χ1) is 8.96. The zero-order valence-electron chi connectivity index (χ0n) is 12.7. The Balaban J connectivity index is 2.35. The van der Waals surface area contributed by atoms with Crippen LogP contribution in [0, 0.1) is 13.8 Å². The summed E-state index contributed by atoms with van der Waals surface area (Å²) >= 11 is 0. The van der Waals surface area contributed by atoms with Gasteiger partial charge in [0.15, 0.2) is 0 Å². The summed E-state index contributed by atoms with van der Waals surface area (Å²) in [6.45, 7) is 11.2. The Morgan fingerprint density at radius 1 is 1.21 bits per heavy atom. The molecule has 1 atom stereocenters. The van der Waals surface area contributed by atoms with Gasteiger partial charge in [-0.1, -0.05) is 23.8 Å². The first kappa shape index (κ1) is 14.5. The van der Waals surface area contributed by atoms with Crippen molar-refractivity contribution in [1.29, 1.82) is 0 Å².